The predicted octanol–water partition coefficient (Wildman–Crippen LogP) is 5.37. The summed E-state index contributed by atoms with van der Waals surface area (Å²) < 4.78 is 39.9. The molecule has 0 bridgehead atoms. The van der Waals surface area contributed by atoms with Gasteiger partial charge in [-0.25, -0.2) is 4.68 Å². The maximum atomic E-state index is 12.9. The predicted molar refractivity (Wildman–Crippen MR) is 111 cm³/mol. The van der Waals surface area contributed by atoms with Gasteiger partial charge in [0.2, 0.25) is 11.1 Å². The fraction of sp³-hybridized carbons (Fsp3) is 0.118. The van der Waals surface area contributed by atoms with Gasteiger partial charge in [-0.2, -0.15) is 13.2 Å². The summed E-state index contributed by atoms with van der Waals surface area (Å²) in [5.41, 5.74) is -0.589. The number of hydrogen-bond donors (Lipinski definition) is 2. The molecule has 0 unspecified atom stereocenters. The third-order valence-electron chi connectivity index (χ3n) is 3.72. The standard InChI is InChI=1S/C17H11Cl3F3N5OS/c18-8-1-3-10(13(20)5-8)15-26-27-16(28(15)24)30-7-14(29)25-9-2-4-12(19)11(6-9)17(21,22)23/h1-6H,7,24H2,(H,25,29). The van der Waals surface area contributed by atoms with Crippen LogP contribution in [0.2, 0.25) is 15.1 Å². The number of aromatic nitrogens is 3. The molecule has 0 aliphatic rings. The van der Waals surface area contributed by atoms with Crippen LogP contribution in [-0.2, 0) is 11.0 Å². The summed E-state index contributed by atoms with van der Waals surface area (Å²) in [6.07, 6.45) is -4.64. The number of nitrogen functional groups attached to an aromatic ring is 1. The number of thioether (sulfide) groups is 1. The summed E-state index contributed by atoms with van der Waals surface area (Å²) in [6.45, 7) is 0. The first-order chi connectivity index (χ1) is 14.1. The summed E-state index contributed by atoms with van der Waals surface area (Å²) in [5.74, 6) is 5.49. The van der Waals surface area contributed by atoms with Gasteiger partial charge in [-0.3, -0.25) is 4.79 Å². The van der Waals surface area contributed by atoms with E-state index in [4.69, 9.17) is 40.6 Å². The van der Waals surface area contributed by atoms with E-state index < -0.39 is 22.7 Å². The highest BCUT2D eigenvalue weighted by atomic mass is 35.5. The fourth-order valence-corrected chi connectivity index (χ4v) is 3.75. The Morgan fingerprint density at radius 3 is 2.50 bits per heavy atom. The van der Waals surface area contributed by atoms with Crippen molar-refractivity contribution in [2.75, 3.05) is 16.9 Å². The van der Waals surface area contributed by atoms with Gasteiger partial charge in [0.05, 0.1) is 21.4 Å². The van der Waals surface area contributed by atoms with Crippen LogP contribution in [0.3, 0.4) is 0 Å². The number of hydrogen-bond acceptors (Lipinski definition) is 5. The van der Waals surface area contributed by atoms with Crippen molar-refractivity contribution in [3.05, 3.63) is 57.0 Å². The van der Waals surface area contributed by atoms with Crippen LogP contribution in [0.5, 0.6) is 0 Å². The van der Waals surface area contributed by atoms with E-state index in [2.05, 4.69) is 15.5 Å². The molecule has 0 atom stereocenters. The molecule has 6 nitrogen and oxygen atoms in total. The number of nitrogens with one attached hydrogen (secondary N) is 1. The van der Waals surface area contributed by atoms with Crippen molar-refractivity contribution in [1.82, 2.24) is 14.9 Å². The van der Waals surface area contributed by atoms with Gasteiger partial charge < -0.3 is 11.2 Å². The van der Waals surface area contributed by atoms with Gasteiger partial charge in [0.25, 0.3) is 0 Å². The Bertz CT molecular complexity index is 1110. The van der Waals surface area contributed by atoms with E-state index in [0.29, 0.717) is 15.6 Å². The zero-order chi connectivity index (χ0) is 22.1. The molecule has 0 radical (unpaired) electrons. The molecule has 0 saturated carbocycles. The first kappa shape index (κ1) is 22.5. The molecule has 158 valence electrons. The maximum Gasteiger partial charge on any atom is 0.417 e. The van der Waals surface area contributed by atoms with Gasteiger partial charge in [-0.05, 0) is 36.4 Å². The van der Waals surface area contributed by atoms with Crippen molar-refractivity contribution in [3.8, 4) is 11.4 Å². The number of nitrogens with zero attached hydrogens (tertiary/aromatic N) is 3. The number of rotatable bonds is 5. The Morgan fingerprint density at radius 1 is 1.10 bits per heavy atom. The van der Waals surface area contributed by atoms with E-state index in [9.17, 15) is 18.0 Å². The van der Waals surface area contributed by atoms with Crippen LogP contribution < -0.4 is 11.2 Å². The molecule has 1 amide bonds. The summed E-state index contributed by atoms with van der Waals surface area (Å²) in [4.78, 5) is 12.1. The highest BCUT2D eigenvalue weighted by molar-refractivity contribution is 7.99. The van der Waals surface area contributed by atoms with Gasteiger partial charge in [-0.1, -0.05) is 46.6 Å². The molecule has 0 spiro atoms. The average Bonchev–Trinajstić information content (AvgIpc) is 3.01. The van der Waals surface area contributed by atoms with Gasteiger partial charge in [0.15, 0.2) is 5.82 Å². The van der Waals surface area contributed by atoms with Crippen molar-refractivity contribution in [1.29, 1.82) is 0 Å². The van der Waals surface area contributed by atoms with Gasteiger partial charge in [0.1, 0.15) is 0 Å². The molecule has 1 aromatic heterocycles. The Hall–Kier alpha value is -2.14. The largest absolute Gasteiger partial charge is 0.417 e. The van der Waals surface area contributed by atoms with Crippen molar-refractivity contribution < 1.29 is 18.0 Å². The molecule has 13 heteroatoms. The molecule has 3 N–H and O–H groups in total. The lowest BCUT2D eigenvalue weighted by Crippen LogP contribution is -2.17. The SMILES string of the molecule is Nn1c(SCC(=O)Nc2ccc(Cl)c(C(F)(F)F)c2)nnc1-c1ccc(Cl)cc1Cl. The monoisotopic (exact) mass is 495 g/mol. The van der Waals surface area contributed by atoms with E-state index in [1.54, 1.807) is 12.1 Å². The van der Waals surface area contributed by atoms with Gasteiger partial charge >= 0.3 is 6.18 Å². The van der Waals surface area contributed by atoms with Crippen LogP contribution in [-0.4, -0.2) is 26.5 Å². The minimum atomic E-state index is -4.64. The zero-order valence-corrected chi connectivity index (χ0v) is 17.8. The molecule has 0 fully saturated rings. The highest BCUT2D eigenvalue weighted by Gasteiger charge is 2.33. The molecule has 0 aliphatic heterocycles. The number of alkyl halides is 3. The molecule has 3 aromatic rings. The van der Waals surface area contributed by atoms with Crippen molar-refractivity contribution in [2.24, 2.45) is 0 Å². The van der Waals surface area contributed by atoms with Crippen LogP contribution in [0.4, 0.5) is 18.9 Å². The van der Waals surface area contributed by atoms with Crippen molar-refractivity contribution in [3.63, 3.8) is 0 Å². The molecule has 0 aliphatic carbocycles. The first-order valence-electron chi connectivity index (χ1n) is 8.01. The summed E-state index contributed by atoms with van der Waals surface area (Å²) in [6, 6.07) is 7.85. The van der Waals surface area contributed by atoms with Crippen LogP contribution in [0, 0.1) is 0 Å². The summed E-state index contributed by atoms with van der Waals surface area (Å²) >= 11 is 18.5. The van der Waals surface area contributed by atoms with E-state index in [1.807, 2.05) is 0 Å². The number of nitrogens with two attached hydrogens (primary N) is 1. The van der Waals surface area contributed by atoms with Gasteiger partial charge in [-0.15, -0.1) is 10.2 Å². The normalized spacial score (nSPS) is 11.5. The Kier molecular flexibility index (Phi) is 6.71. The molecule has 3 rings (SSSR count). The van der Waals surface area contributed by atoms with E-state index in [1.165, 1.54) is 12.1 Å². The van der Waals surface area contributed by atoms with Crippen LogP contribution >= 0.6 is 46.6 Å². The second kappa shape index (κ2) is 8.93. The number of carbonyl (C=O) groups is 1. The Balaban J connectivity index is 1.68. The van der Waals surface area contributed by atoms with E-state index in [0.717, 1.165) is 28.6 Å². The lowest BCUT2D eigenvalue weighted by Gasteiger charge is -2.11. The van der Waals surface area contributed by atoms with Crippen LogP contribution in [0.1, 0.15) is 5.56 Å². The number of amides is 1. The van der Waals surface area contributed by atoms with Gasteiger partial charge in [0, 0.05) is 16.3 Å². The molecular formula is C17H11Cl3F3N5OS. The third kappa shape index (κ3) is 5.12. The number of carbonyl (C=O) groups excluding carboxylic acids is 1. The average molecular weight is 497 g/mol. The summed E-state index contributed by atoms with van der Waals surface area (Å²) in [7, 11) is 0. The highest BCUT2D eigenvalue weighted by Crippen LogP contribution is 2.36. The fourth-order valence-electron chi connectivity index (χ4n) is 2.38. The molecule has 1 heterocycles. The third-order valence-corrected chi connectivity index (χ3v) is 5.54. The smallest absolute Gasteiger partial charge is 0.335 e. The first-order valence-corrected chi connectivity index (χ1v) is 10.1. The maximum absolute atomic E-state index is 12.9. The minimum Gasteiger partial charge on any atom is -0.335 e. The number of anilines is 1. The lowest BCUT2D eigenvalue weighted by molar-refractivity contribution is -0.137. The van der Waals surface area contributed by atoms with Crippen molar-refractivity contribution >= 4 is 58.2 Å². The topological polar surface area (TPSA) is 85.8 Å². The number of benzene rings is 2. The Labute approximate surface area is 187 Å². The van der Waals surface area contributed by atoms with E-state index >= 15 is 0 Å². The quantitative estimate of drug-likeness (QED) is 0.366. The van der Waals surface area contributed by atoms with Crippen molar-refractivity contribution in [2.45, 2.75) is 11.3 Å². The van der Waals surface area contributed by atoms with Crippen LogP contribution in [0.25, 0.3) is 11.4 Å². The molecule has 2 aromatic carbocycles. The minimum absolute atomic E-state index is 0.0415. The molecule has 30 heavy (non-hydrogen) atoms. The molecule has 0 saturated heterocycles. The Morgan fingerprint density at radius 2 is 1.83 bits per heavy atom. The molecular weight excluding hydrogens is 486 g/mol. The second-order valence-corrected chi connectivity index (χ2v) is 8.02. The zero-order valence-electron chi connectivity index (χ0n) is 14.7. The lowest BCUT2D eigenvalue weighted by atomic mass is 10.2. The van der Waals surface area contributed by atoms with Crippen LogP contribution in [0.15, 0.2) is 41.6 Å². The second-order valence-electron chi connectivity index (χ2n) is 5.83. The van der Waals surface area contributed by atoms with E-state index in [-0.39, 0.29) is 22.4 Å². The summed E-state index contributed by atoms with van der Waals surface area (Å²) in [5, 5.41) is 10.7. The number of halogens is 6.